The van der Waals surface area contributed by atoms with Gasteiger partial charge in [-0.05, 0) is 36.1 Å². The second kappa shape index (κ2) is 4.73. The monoisotopic (exact) mass is 290 g/mol. The predicted octanol–water partition coefficient (Wildman–Crippen LogP) is 2.91. The molecule has 0 heterocycles. The number of rotatable bonds is 0. The quantitative estimate of drug-likeness (QED) is 0.598. The normalized spacial score (nSPS) is 16.6. The number of ketones is 3. The topological polar surface area (TPSA) is 51.2 Å². The Morgan fingerprint density at radius 1 is 0.591 bits per heavy atom. The smallest absolute Gasteiger partial charge is 0.194 e. The van der Waals surface area contributed by atoms with E-state index in [1.807, 2.05) is 12.1 Å². The van der Waals surface area contributed by atoms with Crippen LogP contribution in [0.3, 0.4) is 0 Å². The minimum atomic E-state index is -0.0939. The van der Waals surface area contributed by atoms with E-state index < -0.39 is 0 Å². The fourth-order valence-electron chi connectivity index (χ4n) is 3.37. The summed E-state index contributed by atoms with van der Waals surface area (Å²) in [7, 11) is 0. The van der Waals surface area contributed by atoms with Crippen LogP contribution in [0.15, 0.2) is 36.4 Å². The molecular weight excluding hydrogens is 276 g/mol. The van der Waals surface area contributed by atoms with E-state index in [-0.39, 0.29) is 17.3 Å². The number of hydrogen-bond acceptors (Lipinski definition) is 3. The summed E-state index contributed by atoms with van der Waals surface area (Å²) in [6, 6.07) is 10.6. The zero-order valence-corrected chi connectivity index (χ0v) is 12.0. The summed E-state index contributed by atoms with van der Waals surface area (Å²) in [5.74, 6) is 0.0576. The molecule has 108 valence electrons. The van der Waals surface area contributed by atoms with Gasteiger partial charge in [0.1, 0.15) is 5.78 Å². The molecule has 4 rings (SSSR count). The van der Waals surface area contributed by atoms with E-state index >= 15 is 0 Å². The van der Waals surface area contributed by atoms with Crippen LogP contribution >= 0.6 is 0 Å². The Morgan fingerprint density at radius 3 is 1.50 bits per heavy atom. The molecule has 0 aromatic heterocycles. The zero-order valence-electron chi connectivity index (χ0n) is 12.0. The maximum absolute atomic E-state index is 12.7. The Labute approximate surface area is 128 Å². The first kappa shape index (κ1) is 13.1. The van der Waals surface area contributed by atoms with Gasteiger partial charge in [-0.1, -0.05) is 24.3 Å². The van der Waals surface area contributed by atoms with Crippen LogP contribution in [0.4, 0.5) is 0 Å². The van der Waals surface area contributed by atoms with Crippen molar-refractivity contribution in [2.75, 3.05) is 0 Å². The molecule has 3 heteroatoms. The molecule has 0 fully saturated rings. The molecule has 0 saturated carbocycles. The van der Waals surface area contributed by atoms with Gasteiger partial charge in [0.15, 0.2) is 11.6 Å². The summed E-state index contributed by atoms with van der Waals surface area (Å²) in [5.41, 5.74) is 3.98. The van der Waals surface area contributed by atoms with Gasteiger partial charge in [0.05, 0.1) is 0 Å². The van der Waals surface area contributed by atoms with Crippen LogP contribution < -0.4 is 0 Å². The highest BCUT2D eigenvalue weighted by atomic mass is 16.1. The van der Waals surface area contributed by atoms with Crippen LogP contribution in [0.5, 0.6) is 0 Å². The Balaban J connectivity index is 1.91. The lowest BCUT2D eigenvalue weighted by Gasteiger charge is -2.19. The Bertz CT molecular complexity index is 778. The lowest BCUT2D eigenvalue weighted by Crippen LogP contribution is -2.21. The van der Waals surface area contributed by atoms with Crippen molar-refractivity contribution < 1.29 is 14.4 Å². The zero-order chi connectivity index (χ0) is 15.3. The maximum Gasteiger partial charge on any atom is 0.194 e. The van der Waals surface area contributed by atoms with Gasteiger partial charge in [-0.25, -0.2) is 0 Å². The molecular formula is C19H14O3. The molecule has 0 unspecified atom stereocenters. The highest BCUT2D eigenvalue weighted by Crippen LogP contribution is 2.31. The van der Waals surface area contributed by atoms with Crippen LogP contribution in [0, 0.1) is 0 Å². The predicted molar refractivity (Wildman–Crippen MR) is 81.4 cm³/mol. The van der Waals surface area contributed by atoms with Crippen LogP contribution in [0.2, 0.25) is 0 Å². The maximum atomic E-state index is 12.7. The molecule has 0 amide bonds. The summed E-state index contributed by atoms with van der Waals surface area (Å²) in [6.07, 6.45) is 2.35. The first-order chi connectivity index (χ1) is 10.6. The van der Waals surface area contributed by atoms with Crippen molar-refractivity contribution in [3.05, 3.63) is 69.8 Å². The van der Waals surface area contributed by atoms with E-state index in [1.165, 1.54) is 0 Å². The molecule has 2 aromatic carbocycles. The van der Waals surface area contributed by atoms with E-state index in [0.717, 1.165) is 11.1 Å². The highest BCUT2D eigenvalue weighted by molar-refractivity contribution is 6.28. The van der Waals surface area contributed by atoms with Crippen molar-refractivity contribution in [3.63, 3.8) is 0 Å². The van der Waals surface area contributed by atoms with Gasteiger partial charge in [0.2, 0.25) is 0 Å². The van der Waals surface area contributed by atoms with E-state index in [2.05, 4.69) is 0 Å². The van der Waals surface area contributed by atoms with E-state index in [4.69, 9.17) is 0 Å². The van der Waals surface area contributed by atoms with Crippen molar-refractivity contribution >= 4 is 17.3 Å². The second-order valence-electron chi connectivity index (χ2n) is 5.91. The minimum Gasteiger partial charge on any atom is -0.300 e. The fraction of sp³-hybridized carbons (Fsp3) is 0.211. The number of carbonyl (C=O) groups excluding carboxylic acids is 3. The third kappa shape index (κ3) is 1.86. The summed E-state index contributed by atoms with van der Waals surface area (Å²) >= 11 is 0. The third-order valence-electron chi connectivity index (χ3n) is 4.59. The number of benzene rings is 2. The summed E-state index contributed by atoms with van der Waals surface area (Å²) in [4.78, 5) is 37.0. The fourth-order valence-corrected chi connectivity index (χ4v) is 3.37. The van der Waals surface area contributed by atoms with Gasteiger partial charge in [0, 0.05) is 35.1 Å². The van der Waals surface area contributed by atoms with Gasteiger partial charge in [0.25, 0.3) is 0 Å². The van der Waals surface area contributed by atoms with E-state index in [0.29, 0.717) is 47.9 Å². The van der Waals surface area contributed by atoms with Crippen molar-refractivity contribution in [2.45, 2.75) is 25.7 Å². The number of fused-ring (bicyclic) bond motifs is 3. The number of carbonyl (C=O) groups is 3. The lowest BCUT2D eigenvalue weighted by atomic mass is 9.81. The van der Waals surface area contributed by atoms with Crippen molar-refractivity contribution in [1.82, 2.24) is 0 Å². The van der Waals surface area contributed by atoms with Gasteiger partial charge in [-0.2, -0.15) is 0 Å². The number of hydrogen-bond donors (Lipinski definition) is 0. The number of Topliss-reactive ketones (excluding diaryl/α,β-unsaturated/α-hetero) is 1. The molecule has 2 aliphatic carbocycles. The van der Waals surface area contributed by atoms with Crippen LogP contribution in [-0.4, -0.2) is 17.3 Å². The average Bonchev–Trinajstić information content (AvgIpc) is 2.73. The molecule has 0 bridgehead atoms. The molecule has 2 aliphatic rings. The first-order valence-corrected chi connectivity index (χ1v) is 7.51. The highest BCUT2D eigenvalue weighted by Gasteiger charge is 2.30. The number of aryl methyl sites for hydroxylation is 2. The Morgan fingerprint density at radius 2 is 1.05 bits per heavy atom. The molecule has 22 heavy (non-hydrogen) atoms. The molecule has 0 atom stereocenters. The molecule has 0 N–H and O–H groups in total. The van der Waals surface area contributed by atoms with Gasteiger partial charge in [-0.3, -0.25) is 14.4 Å². The molecule has 2 aromatic rings. The minimum absolute atomic E-state index is 0.0939. The van der Waals surface area contributed by atoms with Gasteiger partial charge >= 0.3 is 0 Å². The standard InChI is InChI=1S/C19H14O3/c20-13-7-5-11-9-16-17(10-12(11)6-8-13)19(22)15-4-2-1-3-14(15)18(16)21/h1-4,9-10H,5-8H2. The largest absolute Gasteiger partial charge is 0.300 e. The Kier molecular flexibility index (Phi) is 2.83. The molecule has 3 nitrogen and oxygen atoms in total. The molecule has 0 saturated heterocycles. The molecule has 0 radical (unpaired) electrons. The van der Waals surface area contributed by atoms with Crippen LogP contribution in [0.25, 0.3) is 0 Å². The van der Waals surface area contributed by atoms with E-state index in [1.54, 1.807) is 24.3 Å². The average molecular weight is 290 g/mol. The van der Waals surface area contributed by atoms with Gasteiger partial charge < -0.3 is 0 Å². The van der Waals surface area contributed by atoms with E-state index in [9.17, 15) is 14.4 Å². The van der Waals surface area contributed by atoms with Crippen LogP contribution in [0.1, 0.15) is 55.8 Å². The SMILES string of the molecule is O=C1CCc2cc3c(cc2CC1)C(=O)c1ccccc1C3=O. The third-order valence-corrected chi connectivity index (χ3v) is 4.59. The summed E-state index contributed by atoms with van der Waals surface area (Å²) in [6.45, 7) is 0. The molecule has 0 spiro atoms. The van der Waals surface area contributed by atoms with Gasteiger partial charge in [-0.15, -0.1) is 0 Å². The second-order valence-corrected chi connectivity index (χ2v) is 5.91. The van der Waals surface area contributed by atoms with Crippen molar-refractivity contribution in [1.29, 1.82) is 0 Å². The summed E-state index contributed by atoms with van der Waals surface area (Å²) in [5, 5.41) is 0. The first-order valence-electron chi connectivity index (χ1n) is 7.51. The molecule has 0 aliphatic heterocycles. The van der Waals surface area contributed by atoms with Crippen molar-refractivity contribution in [3.8, 4) is 0 Å². The summed E-state index contributed by atoms with van der Waals surface area (Å²) < 4.78 is 0. The lowest BCUT2D eigenvalue weighted by molar-refractivity contribution is -0.118. The van der Waals surface area contributed by atoms with Crippen LogP contribution in [-0.2, 0) is 17.6 Å². The Hall–Kier alpha value is -2.55. The van der Waals surface area contributed by atoms with Crippen molar-refractivity contribution in [2.24, 2.45) is 0 Å².